The van der Waals surface area contributed by atoms with E-state index in [0.29, 0.717) is 10.8 Å². The molecular weight excluding hydrogens is 252 g/mol. The maximum absolute atomic E-state index is 2.69. The van der Waals surface area contributed by atoms with Gasteiger partial charge in [-0.25, -0.2) is 0 Å². The van der Waals surface area contributed by atoms with Crippen LogP contribution >= 0.6 is 0 Å². The Kier molecular flexibility index (Phi) is 3.02. The van der Waals surface area contributed by atoms with Gasteiger partial charge in [-0.15, -0.1) is 0 Å². The van der Waals surface area contributed by atoms with Gasteiger partial charge in [0.2, 0.25) is 0 Å². The molecule has 0 aliphatic heterocycles. The van der Waals surface area contributed by atoms with Crippen LogP contribution in [0.25, 0.3) is 0 Å². The highest BCUT2D eigenvalue weighted by Crippen LogP contribution is 2.65. The van der Waals surface area contributed by atoms with Gasteiger partial charge in [0.25, 0.3) is 0 Å². The van der Waals surface area contributed by atoms with Crippen LogP contribution in [0.15, 0.2) is 23.3 Å². The summed E-state index contributed by atoms with van der Waals surface area (Å²) in [5.41, 5.74) is 4.62. The minimum absolute atomic E-state index is 0.533. The standard InChI is InChI=1S/C21H32/c1-14-9-11-21(4)16(13-14)6-7-17-18-8-5-15(2)20(18,3)12-10-19(17)21/h5-6,14,17-19H,7-13H2,1-4H3/t14?,17?,18?,19?,20-,21+/m1/s1. The third-order valence-electron chi connectivity index (χ3n) is 8.32. The van der Waals surface area contributed by atoms with E-state index in [0.717, 1.165) is 23.7 Å². The van der Waals surface area contributed by atoms with Gasteiger partial charge in [0.05, 0.1) is 0 Å². The summed E-state index contributed by atoms with van der Waals surface area (Å²) >= 11 is 0. The maximum atomic E-state index is 2.69. The molecule has 0 bridgehead atoms. The molecule has 6 atom stereocenters. The molecule has 4 aliphatic carbocycles. The fourth-order valence-electron chi connectivity index (χ4n) is 6.62. The number of fused-ring (bicyclic) bond motifs is 5. The minimum Gasteiger partial charge on any atom is -0.0847 e. The number of hydrogen-bond donors (Lipinski definition) is 0. The second-order valence-electron chi connectivity index (χ2n) is 9.19. The van der Waals surface area contributed by atoms with E-state index < -0.39 is 0 Å². The van der Waals surface area contributed by atoms with Crippen molar-refractivity contribution >= 4 is 0 Å². The number of hydrogen-bond acceptors (Lipinski definition) is 0. The molecule has 0 spiro atoms. The van der Waals surface area contributed by atoms with Gasteiger partial charge in [-0.3, -0.25) is 0 Å². The van der Waals surface area contributed by atoms with Gasteiger partial charge in [0, 0.05) is 0 Å². The van der Waals surface area contributed by atoms with Crippen LogP contribution in [0.5, 0.6) is 0 Å². The molecule has 0 radical (unpaired) electrons. The first-order valence-electron chi connectivity index (χ1n) is 9.32. The monoisotopic (exact) mass is 284 g/mol. The molecule has 0 aromatic rings. The molecule has 4 unspecified atom stereocenters. The van der Waals surface area contributed by atoms with Gasteiger partial charge in [-0.05, 0) is 86.4 Å². The molecule has 0 aromatic carbocycles. The molecule has 4 aliphatic rings. The highest BCUT2D eigenvalue weighted by Gasteiger charge is 2.55. The highest BCUT2D eigenvalue weighted by atomic mass is 14.6. The summed E-state index contributed by atoms with van der Waals surface area (Å²) in [6.07, 6.45) is 15.2. The van der Waals surface area contributed by atoms with Crippen molar-refractivity contribution in [1.29, 1.82) is 0 Å². The first-order valence-corrected chi connectivity index (χ1v) is 9.32. The normalized spacial score (nSPS) is 52.4. The summed E-state index contributed by atoms with van der Waals surface area (Å²) in [7, 11) is 0. The molecule has 4 rings (SSSR count). The second-order valence-corrected chi connectivity index (χ2v) is 9.19. The van der Waals surface area contributed by atoms with Gasteiger partial charge in [-0.1, -0.05) is 44.1 Å². The minimum atomic E-state index is 0.533. The third-order valence-corrected chi connectivity index (χ3v) is 8.32. The van der Waals surface area contributed by atoms with Gasteiger partial charge < -0.3 is 0 Å². The van der Waals surface area contributed by atoms with Gasteiger partial charge in [0.15, 0.2) is 0 Å². The molecule has 0 heteroatoms. The Morgan fingerprint density at radius 3 is 2.52 bits per heavy atom. The van der Waals surface area contributed by atoms with E-state index in [2.05, 4.69) is 39.8 Å². The molecule has 0 heterocycles. The maximum Gasteiger partial charge on any atom is -0.00850 e. The quantitative estimate of drug-likeness (QED) is 0.469. The third kappa shape index (κ3) is 1.80. The molecule has 0 nitrogen and oxygen atoms in total. The Balaban J connectivity index is 1.68. The average Bonchev–Trinajstić information content (AvgIpc) is 2.76. The zero-order valence-corrected chi connectivity index (χ0v) is 14.4. The van der Waals surface area contributed by atoms with Crippen molar-refractivity contribution in [3.05, 3.63) is 23.3 Å². The summed E-state index contributed by atoms with van der Waals surface area (Å²) in [4.78, 5) is 0. The van der Waals surface area contributed by atoms with E-state index in [1.807, 2.05) is 5.57 Å². The molecule has 0 amide bonds. The Bertz CT molecular complexity index is 510. The lowest BCUT2D eigenvalue weighted by Gasteiger charge is -2.57. The predicted octanol–water partition coefficient (Wildman–Crippen LogP) is 6.14. The van der Waals surface area contributed by atoms with E-state index in [1.54, 1.807) is 5.57 Å². The first-order chi connectivity index (χ1) is 9.95. The predicted molar refractivity (Wildman–Crippen MR) is 90.0 cm³/mol. The Labute approximate surface area is 131 Å². The summed E-state index contributed by atoms with van der Waals surface area (Å²) in [5.74, 6) is 3.79. The first kappa shape index (κ1) is 14.1. The summed E-state index contributed by atoms with van der Waals surface area (Å²) in [6, 6.07) is 0. The lowest BCUT2D eigenvalue weighted by Crippen LogP contribution is -2.49. The Morgan fingerprint density at radius 2 is 1.71 bits per heavy atom. The van der Waals surface area contributed by atoms with E-state index in [1.165, 1.54) is 44.9 Å². The lowest BCUT2D eigenvalue weighted by atomic mass is 9.47. The van der Waals surface area contributed by atoms with Crippen molar-refractivity contribution in [3.63, 3.8) is 0 Å². The van der Waals surface area contributed by atoms with E-state index in [9.17, 15) is 0 Å². The molecule has 0 N–H and O–H groups in total. The molecule has 2 saturated carbocycles. The van der Waals surface area contributed by atoms with Crippen molar-refractivity contribution < 1.29 is 0 Å². The van der Waals surface area contributed by atoms with Crippen LogP contribution in [0.2, 0.25) is 0 Å². The van der Waals surface area contributed by atoms with Crippen LogP contribution in [0, 0.1) is 34.5 Å². The van der Waals surface area contributed by atoms with Gasteiger partial charge in [-0.2, -0.15) is 0 Å². The average molecular weight is 284 g/mol. The van der Waals surface area contributed by atoms with Crippen LogP contribution in [-0.2, 0) is 0 Å². The fraction of sp³-hybridized carbons (Fsp3) is 0.810. The largest absolute Gasteiger partial charge is 0.0847 e. The molecule has 2 fully saturated rings. The van der Waals surface area contributed by atoms with Crippen LogP contribution < -0.4 is 0 Å². The van der Waals surface area contributed by atoms with E-state index in [-0.39, 0.29) is 0 Å². The molecule has 21 heavy (non-hydrogen) atoms. The smallest absolute Gasteiger partial charge is 0.00850 e. The number of rotatable bonds is 0. The second kappa shape index (κ2) is 4.49. The van der Waals surface area contributed by atoms with Crippen molar-refractivity contribution in [2.45, 2.75) is 72.6 Å². The van der Waals surface area contributed by atoms with Crippen molar-refractivity contribution in [1.82, 2.24) is 0 Å². The lowest BCUT2D eigenvalue weighted by molar-refractivity contribution is -0.0202. The Hall–Kier alpha value is -0.520. The van der Waals surface area contributed by atoms with Crippen molar-refractivity contribution in [3.8, 4) is 0 Å². The zero-order chi connectivity index (χ0) is 14.8. The summed E-state index contributed by atoms with van der Waals surface area (Å²) < 4.78 is 0. The zero-order valence-electron chi connectivity index (χ0n) is 14.4. The molecular formula is C21H32. The van der Waals surface area contributed by atoms with Crippen LogP contribution in [0.4, 0.5) is 0 Å². The molecule has 116 valence electrons. The molecule has 0 aromatic heterocycles. The topological polar surface area (TPSA) is 0 Å². The SMILES string of the molecule is CC1=CCC2C3CC=C4CC(C)CC[C@]4(C)C3CC[C@]12C. The van der Waals surface area contributed by atoms with Crippen molar-refractivity contribution in [2.75, 3.05) is 0 Å². The highest BCUT2D eigenvalue weighted by molar-refractivity contribution is 5.29. The van der Waals surface area contributed by atoms with Crippen LogP contribution in [0.3, 0.4) is 0 Å². The number of allylic oxidation sites excluding steroid dienone is 4. The van der Waals surface area contributed by atoms with Gasteiger partial charge >= 0.3 is 0 Å². The Morgan fingerprint density at radius 1 is 0.952 bits per heavy atom. The van der Waals surface area contributed by atoms with E-state index >= 15 is 0 Å². The fourth-order valence-corrected chi connectivity index (χ4v) is 6.62. The van der Waals surface area contributed by atoms with E-state index in [4.69, 9.17) is 0 Å². The van der Waals surface area contributed by atoms with Crippen LogP contribution in [0.1, 0.15) is 72.6 Å². The summed E-state index contributed by atoms with van der Waals surface area (Å²) in [6.45, 7) is 10.0. The van der Waals surface area contributed by atoms with Gasteiger partial charge in [0.1, 0.15) is 0 Å². The van der Waals surface area contributed by atoms with Crippen molar-refractivity contribution in [2.24, 2.45) is 34.5 Å². The molecule has 0 saturated heterocycles. The van der Waals surface area contributed by atoms with Crippen LogP contribution in [-0.4, -0.2) is 0 Å². The summed E-state index contributed by atoms with van der Waals surface area (Å²) in [5, 5.41) is 0.